The van der Waals surface area contributed by atoms with Crippen molar-refractivity contribution in [2.45, 2.75) is 25.9 Å². The van der Waals surface area contributed by atoms with Crippen molar-refractivity contribution < 1.29 is 9.47 Å². The molecular formula is C13H17NO2. The molecule has 0 aliphatic rings. The van der Waals surface area contributed by atoms with Crippen molar-refractivity contribution in [3.05, 3.63) is 24.0 Å². The van der Waals surface area contributed by atoms with Crippen molar-refractivity contribution in [1.82, 2.24) is 4.98 Å². The van der Waals surface area contributed by atoms with E-state index in [2.05, 4.69) is 10.9 Å². The number of aromatic nitrogens is 1. The number of terminal acetylenes is 1. The van der Waals surface area contributed by atoms with Crippen molar-refractivity contribution in [1.29, 1.82) is 0 Å². The number of methoxy groups -OCH3 is 1. The second-order valence-corrected chi connectivity index (χ2v) is 4.08. The van der Waals surface area contributed by atoms with Gasteiger partial charge in [0.15, 0.2) is 5.75 Å². The van der Waals surface area contributed by atoms with Gasteiger partial charge >= 0.3 is 0 Å². The van der Waals surface area contributed by atoms with Gasteiger partial charge in [-0.15, -0.1) is 6.42 Å². The third-order valence-electron chi connectivity index (χ3n) is 2.45. The van der Waals surface area contributed by atoms with Crippen molar-refractivity contribution in [3.63, 3.8) is 0 Å². The third kappa shape index (κ3) is 3.56. The molecule has 3 heteroatoms. The lowest BCUT2D eigenvalue weighted by atomic mass is 10.1. The largest absolute Gasteiger partial charge is 0.491 e. The Kier molecular flexibility index (Phi) is 4.33. The lowest BCUT2D eigenvalue weighted by Crippen LogP contribution is -2.25. The van der Waals surface area contributed by atoms with Crippen LogP contribution in [-0.2, 0) is 4.74 Å². The van der Waals surface area contributed by atoms with Crippen LogP contribution in [0.1, 0.15) is 25.8 Å². The molecule has 1 aromatic rings. The number of rotatable bonds is 5. The fraction of sp³-hybridized carbons (Fsp3) is 0.462. The van der Waals surface area contributed by atoms with E-state index in [1.54, 1.807) is 25.6 Å². The summed E-state index contributed by atoms with van der Waals surface area (Å²) in [6, 6.07) is 1.76. The first-order chi connectivity index (χ1) is 7.59. The summed E-state index contributed by atoms with van der Waals surface area (Å²) in [5, 5.41) is 0. The zero-order chi connectivity index (χ0) is 12.0. The topological polar surface area (TPSA) is 31.4 Å². The van der Waals surface area contributed by atoms with Crippen molar-refractivity contribution in [2.75, 3.05) is 13.7 Å². The first-order valence-electron chi connectivity index (χ1n) is 5.17. The Balaban J connectivity index is 2.53. The summed E-state index contributed by atoms with van der Waals surface area (Å²) < 4.78 is 10.9. The summed E-state index contributed by atoms with van der Waals surface area (Å²) in [6.07, 6.45) is 9.43. The van der Waals surface area contributed by atoms with Crippen LogP contribution in [0.25, 0.3) is 0 Å². The Morgan fingerprint density at radius 3 is 2.88 bits per heavy atom. The van der Waals surface area contributed by atoms with Gasteiger partial charge in [0, 0.05) is 19.7 Å². The monoisotopic (exact) mass is 219 g/mol. The normalized spacial score (nSPS) is 10.9. The fourth-order valence-corrected chi connectivity index (χ4v) is 1.12. The van der Waals surface area contributed by atoms with Crippen LogP contribution in [0, 0.1) is 12.3 Å². The van der Waals surface area contributed by atoms with Crippen molar-refractivity contribution >= 4 is 0 Å². The number of pyridine rings is 1. The predicted octanol–water partition coefficient (Wildman–Crippen LogP) is 2.26. The van der Waals surface area contributed by atoms with Gasteiger partial charge in [0.2, 0.25) is 0 Å². The smallest absolute Gasteiger partial charge is 0.153 e. The highest BCUT2D eigenvalue weighted by Crippen LogP contribution is 2.18. The molecule has 0 unspecified atom stereocenters. The second-order valence-electron chi connectivity index (χ2n) is 4.08. The molecule has 0 bridgehead atoms. The van der Waals surface area contributed by atoms with Crippen LogP contribution in [0.5, 0.6) is 5.75 Å². The van der Waals surface area contributed by atoms with E-state index in [4.69, 9.17) is 15.9 Å². The number of nitrogens with zero attached hydrogens (tertiary/aromatic N) is 1. The second kappa shape index (κ2) is 5.53. The molecule has 0 amide bonds. The Morgan fingerprint density at radius 2 is 2.25 bits per heavy atom. The Morgan fingerprint density at radius 1 is 1.50 bits per heavy atom. The molecule has 1 rings (SSSR count). The highest BCUT2D eigenvalue weighted by Gasteiger charge is 2.16. The maximum atomic E-state index is 5.58. The summed E-state index contributed by atoms with van der Waals surface area (Å²) in [5.74, 6) is 3.21. The molecule has 16 heavy (non-hydrogen) atoms. The van der Waals surface area contributed by atoms with Gasteiger partial charge in [0.1, 0.15) is 0 Å². The molecule has 0 spiro atoms. The van der Waals surface area contributed by atoms with Gasteiger partial charge in [-0.1, -0.05) is 5.92 Å². The molecule has 0 radical (unpaired) electrons. The zero-order valence-electron chi connectivity index (χ0n) is 9.99. The van der Waals surface area contributed by atoms with Crippen LogP contribution < -0.4 is 4.74 Å². The minimum atomic E-state index is -0.182. The van der Waals surface area contributed by atoms with Gasteiger partial charge in [-0.25, -0.2) is 0 Å². The van der Waals surface area contributed by atoms with Crippen LogP contribution in [0.15, 0.2) is 18.5 Å². The van der Waals surface area contributed by atoms with E-state index in [0.717, 1.165) is 12.0 Å². The molecule has 0 N–H and O–H groups in total. The number of hydrogen-bond acceptors (Lipinski definition) is 3. The molecule has 86 valence electrons. The molecule has 0 aromatic carbocycles. The molecular weight excluding hydrogens is 202 g/mol. The summed E-state index contributed by atoms with van der Waals surface area (Å²) in [4.78, 5) is 3.98. The van der Waals surface area contributed by atoms with Gasteiger partial charge in [-0.3, -0.25) is 4.98 Å². The molecule has 0 aliphatic heterocycles. The van der Waals surface area contributed by atoms with Gasteiger partial charge < -0.3 is 9.47 Å². The van der Waals surface area contributed by atoms with E-state index < -0.39 is 0 Å². The summed E-state index contributed by atoms with van der Waals surface area (Å²) in [7, 11) is 1.69. The average molecular weight is 219 g/mol. The summed E-state index contributed by atoms with van der Waals surface area (Å²) in [5.41, 5.74) is 0.545. The van der Waals surface area contributed by atoms with Gasteiger partial charge in [0.05, 0.1) is 24.0 Å². The van der Waals surface area contributed by atoms with Crippen molar-refractivity contribution in [3.8, 4) is 18.1 Å². The van der Waals surface area contributed by atoms with Crippen LogP contribution >= 0.6 is 0 Å². The molecule has 0 saturated carbocycles. The molecule has 0 atom stereocenters. The van der Waals surface area contributed by atoms with Crippen LogP contribution in [0.2, 0.25) is 0 Å². The maximum Gasteiger partial charge on any atom is 0.153 e. The van der Waals surface area contributed by atoms with Gasteiger partial charge in [-0.2, -0.15) is 0 Å². The quantitative estimate of drug-likeness (QED) is 0.712. The van der Waals surface area contributed by atoms with Gasteiger partial charge in [0.25, 0.3) is 0 Å². The first kappa shape index (κ1) is 12.5. The minimum Gasteiger partial charge on any atom is -0.491 e. The van der Waals surface area contributed by atoms with Crippen LogP contribution in [0.3, 0.4) is 0 Å². The van der Waals surface area contributed by atoms with E-state index in [1.165, 1.54) is 0 Å². The lowest BCUT2D eigenvalue weighted by molar-refractivity contribution is 0.00540. The maximum absolute atomic E-state index is 5.58. The molecule has 1 aromatic heterocycles. The fourth-order valence-electron chi connectivity index (χ4n) is 1.12. The van der Waals surface area contributed by atoms with E-state index in [1.807, 2.05) is 13.8 Å². The molecule has 0 fully saturated rings. The highest BCUT2D eigenvalue weighted by atomic mass is 16.5. The predicted molar refractivity (Wildman–Crippen MR) is 63.4 cm³/mol. The van der Waals surface area contributed by atoms with Crippen LogP contribution in [0.4, 0.5) is 0 Å². The van der Waals surface area contributed by atoms with E-state index in [9.17, 15) is 0 Å². The lowest BCUT2D eigenvalue weighted by Gasteiger charge is -2.22. The number of ether oxygens (including phenoxy) is 2. The minimum absolute atomic E-state index is 0.182. The average Bonchev–Trinajstić information content (AvgIpc) is 2.29. The summed E-state index contributed by atoms with van der Waals surface area (Å²) >= 11 is 0. The first-order valence-corrected chi connectivity index (χ1v) is 5.17. The standard InChI is InChI=1S/C13H17NO2/c1-5-11-6-8-14-10-12(11)16-9-7-13(2,3)15-4/h1,6,8,10H,7,9H2,2-4H3. The van der Waals surface area contributed by atoms with E-state index in [0.29, 0.717) is 12.4 Å². The zero-order valence-corrected chi connectivity index (χ0v) is 9.99. The van der Waals surface area contributed by atoms with Gasteiger partial charge in [-0.05, 0) is 19.9 Å². The SMILES string of the molecule is C#Cc1ccncc1OCCC(C)(C)OC. The van der Waals surface area contributed by atoms with Crippen LogP contribution in [-0.4, -0.2) is 24.3 Å². The van der Waals surface area contributed by atoms with Crippen molar-refractivity contribution in [2.24, 2.45) is 0 Å². The molecule has 1 heterocycles. The number of hydrogen-bond donors (Lipinski definition) is 0. The van der Waals surface area contributed by atoms with E-state index in [-0.39, 0.29) is 5.60 Å². The molecule has 3 nitrogen and oxygen atoms in total. The third-order valence-corrected chi connectivity index (χ3v) is 2.45. The summed E-state index contributed by atoms with van der Waals surface area (Å²) in [6.45, 7) is 4.59. The molecule has 0 aliphatic carbocycles. The Hall–Kier alpha value is -1.53. The Labute approximate surface area is 96.8 Å². The van der Waals surface area contributed by atoms with E-state index >= 15 is 0 Å². The Bertz CT molecular complexity index is 380. The molecule has 0 saturated heterocycles. The highest BCUT2D eigenvalue weighted by molar-refractivity contribution is 5.42.